The Bertz CT molecular complexity index is 889. The molecule has 1 aromatic heterocycles. The largest absolute Gasteiger partial charge is 0.292 e. The van der Waals surface area contributed by atoms with Crippen LogP contribution in [0.3, 0.4) is 0 Å². The molecule has 0 spiro atoms. The molecule has 3 aromatic rings. The Hall–Kier alpha value is -2.46. The molecule has 0 amide bonds. The van der Waals surface area contributed by atoms with Gasteiger partial charge in [0.25, 0.3) is 0 Å². The number of rotatable bonds is 2. The fourth-order valence-electron chi connectivity index (χ4n) is 2.96. The summed E-state index contributed by atoms with van der Waals surface area (Å²) < 4.78 is 0. The minimum Gasteiger partial charge on any atom is -0.292 e. The van der Waals surface area contributed by atoms with Gasteiger partial charge in [-0.25, -0.2) is 0 Å². The highest BCUT2D eigenvalue weighted by atomic mass is 35.5. The first kappa shape index (κ1) is 14.2. The molecule has 4 rings (SSSR count). The van der Waals surface area contributed by atoms with Gasteiger partial charge in [-0.15, -0.1) is 0 Å². The summed E-state index contributed by atoms with van der Waals surface area (Å²) in [6.07, 6.45) is 4.30. The van der Waals surface area contributed by atoms with Gasteiger partial charge in [0.15, 0.2) is 0 Å². The molecule has 1 aliphatic heterocycles. The van der Waals surface area contributed by atoms with E-state index in [0.29, 0.717) is 0 Å². The first-order valence-corrected chi connectivity index (χ1v) is 7.85. The van der Waals surface area contributed by atoms with Gasteiger partial charge in [-0.2, -0.15) is 5.10 Å². The van der Waals surface area contributed by atoms with Crippen molar-refractivity contribution < 1.29 is 0 Å². The second-order valence-corrected chi connectivity index (χ2v) is 6.09. The number of nitrogens with zero attached hydrogens (tertiary/aromatic N) is 4. The maximum atomic E-state index is 5.96. The van der Waals surface area contributed by atoms with Crippen LogP contribution >= 0.6 is 11.6 Å². The molecule has 0 saturated heterocycles. The predicted octanol–water partition coefficient (Wildman–Crippen LogP) is 4.06. The van der Waals surface area contributed by atoms with Crippen molar-refractivity contribution in [3.8, 4) is 0 Å². The SMILES string of the molecule is CN1N=C(c2ccc(Cl)cc2)CC1c1ccc2nccnc2c1. The summed E-state index contributed by atoms with van der Waals surface area (Å²) in [4.78, 5) is 8.71. The van der Waals surface area contributed by atoms with Crippen LogP contribution in [-0.2, 0) is 0 Å². The van der Waals surface area contributed by atoms with Crippen molar-refractivity contribution in [3.63, 3.8) is 0 Å². The molecule has 23 heavy (non-hydrogen) atoms. The van der Waals surface area contributed by atoms with E-state index in [1.54, 1.807) is 12.4 Å². The molecule has 0 bridgehead atoms. The zero-order valence-corrected chi connectivity index (χ0v) is 13.4. The number of fused-ring (bicyclic) bond motifs is 1. The highest BCUT2D eigenvalue weighted by Crippen LogP contribution is 2.32. The normalized spacial score (nSPS) is 17.6. The molecular formula is C18H15ClN4. The quantitative estimate of drug-likeness (QED) is 0.714. The van der Waals surface area contributed by atoms with Crippen molar-refractivity contribution in [1.29, 1.82) is 0 Å². The number of halogens is 1. The summed E-state index contributed by atoms with van der Waals surface area (Å²) in [6, 6.07) is 14.3. The molecule has 0 saturated carbocycles. The Morgan fingerprint density at radius 3 is 2.52 bits per heavy atom. The second-order valence-electron chi connectivity index (χ2n) is 5.65. The van der Waals surface area contributed by atoms with Crippen LogP contribution in [0.15, 0.2) is 60.0 Å². The zero-order chi connectivity index (χ0) is 15.8. The highest BCUT2D eigenvalue weighted by molar-refractivity contribution is 6.30. The highest BCUT2D eigenvalue weighted by Gasteiger charge is 2.26. The lowest BCUT2D eigenvalue weighted by atomic mass is 9.98. The Labute approximate surface area is 139 Å². The lowest BCUT2D eigenvalue weighted by Gasteiger charge is -2.19. The summed E-state index contributed by atoms with van der Waals surface area (Å²) in [6.45, 7) is 0. The third-order valence-corrected chi connectivity index (χ3v) is 4.42. The first-order valence-electron chi connectivity index (χ1n) is 7.47. The molecule has 0 aliphatic carbocycles. The molecule has 4 nitrogen and oxygen atoms in total. The van der Waals surface area contributed by atoms with Crippen LogP contribution in [0.25, 0.3) is 11.0 Å². The fourth-order valence-corrected chi connectivity index (χ4v) is 3.08. The van der Waals surface area contributed by atoms with Gasteiger partial charge >= 0.3 is 0 Å². The van der Waals surface area contributed by atoms with Gasteiger partial charge in [-0.05, 0) is 35.4 Å². The number of hydrogen-bond donors (Lipinski definition) is 0. The van der Waals surface area contributed by atoms with E-state index in [0.717, 1.165) is 33.8 Å². The fraction of sp³-hybridized carbons (Fsp3) is 0.167. The van der Waals surface area contributed by atoms with E-state index in [-0.39, 0.29) is 6.04 Å². The van der Waals surface area contributed by atoms with Crippen molar-refractivity contribution >= 4 is 28.3 Å². The van der Waals surface area contributed by atoms with E-state index in [9.17, 15) is 0 Å². The van der Waals surface area contributed by atoms with Crippen LogP contribution in [0.5, 0.6) is 0 Å². The summed E-state index contributed by atoms with van der Waals surface area (Å²) in [5.74, 6) is 0. The molecule has 5 heteroatoms. The smallest absolute Gasteiger partial charge is 0.0890 e. The number of hydrazone groups is 1. The molecule has 114 valence electrons. The number of benzene rings is 2. The molecule has 0 N–H and O–H groups in total. The van der Waals surface area contributed by atoms with Crippen LogP contribution in [0.2, 0.25) is 5.02 Å². The van der Waals surface area contributed by atoms with Gasteiger partial charge in [0.2, 0.25) is 0 Å². The van der Waals surface area contributed by atoms with Gasteiger partial charge in [-0.1, -0.05) is 29.8 Å². The molecule has 1 unspecified atom stereocenters. The zero-order valence-electron chi connectivity index (χ0n) is 12.6. The second kappa shape index (κ2) is 5.63. The van der Waals surface area contributed by atoms with Gasteiger partial charge in [0, 0.05) is 30.9 Å². The van der Waals surface area contributed by atoms with Crippen molar-refractivity contribution in [2.75, 3.05) is 7.05 Å². The van der Waals surface area contributed by atoms with Crippen molar-refractivity contribution in [2.45, 2.75) is 12.5 Å². The average molecular weight is 323 g/mol. The molecule has 0 fully saturated rings. The van der Waals surface area contributed by atoms with E-state index >= 15 is 0 Å². The summed E-state index contributed by atoms with van der Waals surface area (Å²) >= 11 is 5.96. The summed E-state index contributed by atoms with van der Waals surface area (Å²) in [5, 5.41) is 7.45. The van der Waals surface area contributed by atoms with Crippen LogP contribution in [0, 0.1) is 0 Å². The summed E-state index contributed by atoms with van der Waals surface area (Å²) in [7, 11) is 2.01. The van der Waals surface area contributed by atoms with Crippen LogP contribution in [0.4, 0.5) is 0 Å². The van der Waals surface area contributed by atoms with Gasteiger partial charge < -0.3 is 0 Å². The number of aromatic nitrogens is 2. The van der Waals surface area contributed by atoms with E-state index in [2.05, 4.69) is 22.1 Å². The predicted molar refractivity (Wildman–Crippen MR) is 92.6 cm³/mol. The Kier molecular flexibility index (Phi) is 3.46. The minimum atomic E-state index is 0.215. The molecule has 0 radical (unpaired) electrons. The Balaban J connectivity index is 1.64. The minimum absolute atomic E-state index is 0.215. The van der Waals surface area contributed by atoms with E-state index in [4.69, 9.17) is 16.7 Å². The van der Waals surface area contributed by atoms with Gasteiger partial charge in [-0.3, -0.25) is 15.0 Å². The van der Waals surface area contributed by atoms with E-state index in [1.807, 2.05) is 42.4 Å². The van der Waals surface area contributed by atoms with Gasteiger partial charge in [0.05, 0.1) is 22.8 Å². The average Bonchev–Trinajstić information content (AvgIpc) is 2.97. The molecule has 2 aromatic carbocycles. The lowest BCUT2D eigenvalue weighted by Crippen LogP contribution is -2.13. The van der Waals surface area contributed by atoms with Crippen LogP contribution in [-0.4, -0.2) is 27.7 Å². The van der Waals surface area contributed by atoms with Crippen molar-refractivity contribution in [2.24, 2.45) is 5.10 Å². The first-order chi connectivity index (χ1) is 11.2. The van der Waals surface area contributed by atoms with Crippen molar-refractivity contribution in [1.82, 2.24) is 15.0 Å². The van der Waals surface area contributed by atoms with E-state index in [1.165, 1.54) is 5.56 Å². The number of hydrogen-bond acceptors (Lipinski definition) is 4. The van der Waals surface area contributed by atoms with Gasteiger partial charge in [0.1, 0.15) is 0 Å². The molecule has 1 atom stereocenters. The third-order valence-electron chi connectivity index (χ3n) is 4.17. The third kappa shape index (κ3) is 2.66. The maximum Gasteiger partial charge on any atom is 0.0890 e. The monoisotopic (exact) mass is 322 g/mol. The Morgan fingerprint density at radius 1 is 1.00 bits per heavy atom. The molecule has 2 heterocycles. The molecular weight excluding hydrogens is 308 g/mol. The van der Waals surface area contributed by atoms with E-state index < -0.39 is 0 Å². The lowest BCUT2D eigenvalue weighted by molar-refractivity contribution is 0.290. The van der Waals surface area contributed by atoms with Crippen molar-refractivity contribution in [3.05, 3.63) is 71.0 Å². The summed E-state index contributed by atoms with van der Waals surface area (Å²) in [5.41, 5.74) is 5.22. The topological polar surface area (TPSA) is 41.4 Å². The standard InChI is InChI=1S/C18H15ClN4/c1-23-18(11-16(22-23)12-2-5-14(19)6-3-12)13-4-7-15-17(10-13)21-9-8-20-15/h2-10,18H,11H2,1H3. The van der Waals surface area contributed by atoms with Crippen LogP contribution in [0.1, 0.15) is 23.6 Å². The van der Waals surface area contributed by atoms with Crippen LogP contribution < -0.4 is 0 Å². The molecule has 1 aliphatic rings. The maximum absolute atomic E-state index is 5.96. The Morgan fingerprint density at radius 2 is 1.74 bits per heavy atom.